The zero-order valence-corrected chi connectivity index (χ0v) is 11.3. The van der Waals surface area contributed by atoms with E-state index in [0.29, 0.717) is 6.04 Å². The van der Waals surface area contributed by atoms with Crippen molar-refractivity contribution in [3.63, 3.8) is 0 Å². The highest BCUT2D eigenvalue weighted by molar-refractivity contribution is 6.00. The Morgan fingerprint density at radius 1 is 1.32 bits per heavy atom. The molecule has 0 radical (unpaired) electrons. The molecular formula is C15H20N4. The molecule has 4 heteroatoms. The number of anilines is 2. The van der Waals surface area contributed by atoms with Gasteiger partial charge >= 0.3 is 0 Å². The molecule has 0 amide bonds. The van der Waals surface area contributed by atoms with Gasteiger partial charge in [-0.1, -0.05) is 0 Å². The summed E-state index contributed by atoms with van der Waals surface area (Å²) in [6.07, 6.45) is 6.13. The van der Waals surface area contributed by atoms with E-state index < -0.39 is 0 Å². The fraction of sp³-hybridized carbons (Fsp3) is 0.400. The summed E-state index contributed by atoms with van der Waals surface area (Å²) >= 11 is 0. The van der Waals surface area contributed by atoms with Gasteiger partial charge in [-0.15, -0.1) is 0 Å². The third-order valence-corrected chi connectivity index (χ3v) is 3.84. The molecular weight excluding hydrogens is 236 g/mol. The van der Waals surface area contributed by atoms with Crippen molar-refractivity contribution in [2.75, 3.05) is 31.2 Å². The number of nitrogens with two attached hydrogens (primary N) is 1. The summed E-state index contributed by atoms with van der Waals surface area (Å²) in [6.45, 7) is 2.29. The van der Waals surface area contributed by atoms with Crippen molar-refractivity contribution in [3.05, 3.63) is 30.6 Å². The molecule has 1 atom stereocenters. The molecule has 0 bridgehead atoms. The molecule has 100 valence electrons. The van der Waals surface area contributed by atoms with E-state index in [4.69, 9.17) is 5.73 Å². The first-order valence-corrected chi connectivity index (χ1v) is 6.81. The van der Waals surface area contributed by atoms with Crippen molar-refractivity contribution in [1.29, 1.82) is 0 Å². The highest BCUT2D eigenvalue weighted by atomic mass is 15.1. The molecule has 0 saturated carbocycles. The van der Waals surface area contributed by atoms with Gasteiger partial charge < -0.3 is 16.0 Å². The van der Waals surface area contributed by atoms with E-state index in [1.807, 2.05) is 24.5 Å². The van der Waals surface area contributed by atoms with Gasteiger partial charge in [-0.2, -0.15) is 0 Å². The van der Waals surface area contributed by atoms with Crippen LogP contribution in [0.2, 0.25) is 0 Å². The fourth-order valence-corrected chi connectivity index (χ4v) is 2.84. The van der Waals surface area contributed by atoms with Gasteiger partial charge in [-0.25, -0.2) is 0 Å². The summed E-state index contributed by atoms with van der Waals surface area (Å²) in [4.78, 5) is 6.53. The molecule has 2 aromatic rings. The van der Waals surface area contributed by atoms with Crippen molar-refractivity contribution in [2.45, 2.75) is 18.9 Å². The van der Waals surface area contributed by atoms with Crippen LogP contribution < -0.4 is 11.1 Å². The second kappa shape index (κ2) is 5.05. The van der Waals surface area contributed by atoms with Gasteiger partial charge in [-0.3, -0.25) is 4.98 Å². The Morgan fingerprint density at radius 3 is 3.05 bits per heavy atom. The van der Waals surface area contributed by atoms with Crippen LogP contribution in [0.1, 0.15) is 12.8 Å². The van der Waals surface area contributed by atoms with Crippen molar-refractivity contribution in [2.24, 2.45) is 0 Å². The van der Waals surface area contributed by atoms with Crippen LogP contribution >= 0.6 is 0 Å². The number of nitrogens with one attached hydrogen (secondary N) is 1. The molecule has 3 rings (SSSR count). The lowest BCUT2D eigenvalue weighted by atomic mass is 10.0. The summed E-state index contributed by atoms with van der Waals surface area (Å²) in [5.41, 5.74) is 7.95. The number of benzene rings is 1. The van der Waals surface area contributed by atoms with Crippen LogP contribution in [0, 0.1) is 0 Å². The number of rotatable bonds is 2. The second-order valence-corrected chi connectivity index (χ2v) is 5.37. The lowest BCUT2D eigenvalue weighted by molar-refractivity contribution is 0.261. The Labute approximate surface area is 113 Å². The Hall–Kier alpha value is -1.81. The predicted octanol–water partition coefficient (Wildman–Crippen LogP) is 2.32. The zero-order chi connectivity index (χ0) is 13.2. The van der Waals surface area contributed by atoms with Crippen LogP contribution in [0.5, 0.6) is 0 Å². The molecule has 1 saturated heterocycles. The van der Waals surface area contributed by atoms with E-state index in [-0.39, 0.29) is 0 Å². The van der Waals surface area contributed by atoms with E-state index in [1.54, 1.807) is 0 Å². The first-order valence-electron chi connectivity index (χ1n) is 6.81. The number of piperidine rings is 1. The number of hydrogen-bond donors (Lipinski definition) is 2. The van der Waals surface area contributed by atoms with Crippen molar-refractivity contribution >= 4 is 22.1 Å². The van der Waals surface area contributed by atoms with E-state index in [9.17, 15) is 0 Å². The predicted molar refractivity (Wildman–Crippen MR) is 80.3 cm³/mol. The topological polar surface area (TPSA) is 54.2 Å². The number of pyridine rings is 1. The van der Waals surface area contributed by atoms with Crippen LogP contribution in [-0.2, 0) is 0 Å². The summed E-state index contributed by atoms with van der Waals surface area (Å²) in [7, 11) is 2.18. The second-order valence-electron chi connectivity index (χ2n) is 5.37. The number of nitrogen functional groups attached to an aromatic ring is 1. The molecule has 2 heterocycles. The average Bonchev–Trinajstić information content (AvgIpc) is 2.42. The first-order chi connectivity index (χ1) is 9.24. The van der Waals surface area contributed by atoms with Gasteiger partial charge in [-0.05, 0) is 44.6 Å². The number of aromatic nitrogens is 1. The molecule has 4 nitrogen and oxygen atoms in total. The maximum absolute atomic E-state index is 6.00. The molecule has 3 N–H and O–H groups in total. The molecule has 1 unspecified atom stereocenters. The van der Waals surface area contributed by atoms with E-state index in [2.05, 4.69) is 28.3 Å². The largest absolute Gasteiger partial charge is 0.398 e. The summed E-state index contributed by atoms with van der Waals surface area (Å²) in [5.74, 6) is 0. The van der Waals surface area contributed by atoms with Gasteiger partial charge in [0.25, 0.3) is 0 Å². The normalized spacial score (nSPS) is 20.6. The highest BCUT2D eigenvalue weighted by Gasteiger charge is 2.17. The maximum atomic E-state index is 6.00. The minimum atomic E-state index is 0.513. The third kappa shape index (κ3) is 2.49. The van der Waals surface area contributed by atoms with Crippen molar-refractivity contribution in [3.8, 4) is 0 Å². The summed E-state index contributed by atoms with van der Waals surface area (Å²) < 4.78 is 0. The Balaban J connectivity index is 1.90. The van der Waals surface area contributed by atoms with Gasteiger partial charge in [0.15, 0.2) is 0 Å². The number of nitrogens with zero attached hydrogens (tertiary/aromatic N) is 2. The number of likely N-dealkylation sites (tertiary alicyclic amines) is 1. The minimum Gasteiger partial charge on any atom is -0.398 e. The molecule has 1 aromatic heterocycles. The summed E-state index contributed by atoms with van der Waals surface area (Å²) in [6, 6.07) is 6.57. The third-order valence-electron chi connectivity index (χ3n) is 3.84. The number of likely N-dealkylation sites (N-methyl/N-ethyl adjacent to an activating group) is 1. The van der Waals surface area contributed by atoms with Crippen LogP contribution in [-0.4, -0.2) is 36.1 Å². The zero-order valence-electron chi connectivity index (χ0n) is 11.3. The monoisotopic (exact) mass is 256 g/mol. The SMILES string of the molecule is CN1CCCC(Nc2ccc(N)c3cnccc23)C1. The molecule has 0 spiro atoms. The van der Waals surface area contributed by atoms with Crippen LogP contribution in [0.25, 0.3) is 10.8 Å². The van der Waals surface area contributed by atoms with Gasteiger partial charge in [0.2, 0.25) is 0 Å². The smallest absolute Gasteiger partial charge is 0.0425 e. The molecule has 1 aromatic carbocycles. The maximum Gasteiger partial charge on any atom is 0.0425 e. The number of hydrogen-bond acceptors (Lipinski definition) is 4. The average molecular weight is 256 g/mol. The molecule has 0 aliphatic carbocycles. The van der Waals surface area contributed by atoms with Crippen LogP contribution in [0.3, 0.4) is 0 Å². The Kier molecular flexibility index (Phi) is 3.25. The Bertz CT molecular complexity index is 581. The van der Waals surface area contributed by atoms with Crippen LogP contribution in [0.4, 0.5) is 11.4 Å². The van der Waals surface area contributed by atoms with E-state index in [1.165, 1.54) is 19.4 Å². The van der Waals surface area contributed by atoms with Crippen molar-refractivity contribution in [1.82, 2.24) is 9.88 Å². The lowest BCUT2D eigenvalue weighted by Crippen LogP contribution is -2.39. The minimum absolute atomic E-state index is 0.513. The lowest BCUT2D eigenvalue weighted by Gasteiger charge is -2.31. The molecule has 1 fully saturated rings. The Morgan fingerprint density at radius 2 is 2.21 bits per heavy atom. The van der Waals surface area contributed by atoms with Gasteiger partial charge in [0, 0.05) is 47.1 Å². The van der Waals surface area contributed by atoms with Crippen molar-refractivity contribution < 1.29 is 0 Å². The van der Waals surface area contributed by atoms with Gasteiger partial charge in [0.1, 0.15) is 0 Å². The highest BCUT2D eigenvalue weighted by Crippen LogP contribution is 2.28. The molecule has 1 aliphatic rings. The number of fused-ring (bicyclic) bond motifs is 1. The molecule has 19 heavy (non-hydrogen) atoms. The first kappa shape index (κ1) is 12.2. The fourth-order valence-electron chi connectivity index (χ4n) is 2.84. The summed E-state index contributed by atoms with van der Waals surface area (Å²) in [5, 5.41) is 5.84. The van der Waals surface area contributed by atoms with E-state index >= 15 is 0 Å². The van der Waals surface area contributed by atoms with Crippen LogP contribution in [0.15, 0.2) is 30.6 Å². The standard InChI is InChI=1S/C15H20N4/c1-19-8-2-3-11(10-19)18-15-5-4-14(16)13-9-17-7-6-12(13)15/h4-7,9,11,18H,2-3,8,10,16H2,1H3. The van der Waals surface area contributed by atoms with Gasteiger partial charge in [0.05, 0.1) is 0 Å². The molecule has 1 aliphatic heterocycles. The van der Waals surface area contributed by atoms with E-state index in [0.717, 1.165) is 28.7 Å². The quantitative estimate of drug-likeness (QED) is 0.810.